The van der Waals surface area contributed by atoms with Gasteiger partial charge in [0.25, 0.3) is 5.91 Å². The van der Waals surface area contributed by atoms with Crippen LogP contribution < -0.4 is 10.6 Å². The Kier molecular flexibility index (Phi) is 6.35. The molecule has 2 amide bonds. The molecule has 0 spiro atoms. The molecule has 9 nitrogen and oxygen atoms in total. The van der Waals surface area contributed by atoms with E-state index in [2.05, 4.69) is 20.7 Å². The molecule has 3 aromatic carbocycles. The number of aromatic nitrogens is 5. The van der Waals surface area contributed by atoms with Crippen molar-refractivity contribution in [2.45, 2.75) is 6.92 Å². The number of aryl methyl sites for hydroxylation is 1. The van der Waals surface area contributed by atoms with Gasteiger partial charge in [0.05, 0.1) is 23.5 Å². The topological polar surface area (TPSA) is 107 Å². The van der Waals surface area contributed by atoms with Crippen molar-refractivity contribution in [3.63, 3.8) is 0 Å². The van der Waals surface area contributed by atoms with Gasteiger partial charge in [0, 0.05) is 17.4 Å². The molecule has 0 aliphatic carbocycles. The van der Waals surface area contributed by atoms with E-state index < -0.39 is 0 Å². The highest BCUT2D eigenvalue weighted by Gasteiger charge is 2.20. The van der Waals surface area contributed by atoms with Crippen molar-refractivity contribution in [2.24, 2.45) is 0 Å². The summed E-state index contributed by atoms with van der Waals surface area (Å²) >= 11 is 0. The first-order chi connectivity index (χ1) is 17.6. The normalized spacial score (nSPS) is 10.7. The van der Waals surface area contributed by atoms with Crippen LogP contribution in [0.2, 0.25) is 0 Å². The molecular weight excluding hydrogens is 454 g/mol. The summed E-state index contributed by atoms with van der Waals surface area (Å²) in [6.45, 7) is 1.79. The van der Waals surface area contributed by atoms with E-state index in [9.17, 15) is 9.59 Å². The summed E-state index contributed by atoms with van der Waals surface area (Å²) in [6, 6.07) is 24.5. The number of anilines is 1. The first-order valence-electron chi connectivity index (χ1n) is 11.3. The minimum Gasteiger partial charge on any atom is -0.343 e. The van der Waals surface area contributed by atoms with Gasteiger partial charge in [-0.05, 0) is 48.9 Å². The van der Waals surface area contributed by atoms with Crippen molar-refractivity contribution in [1.29, 1.82) is 0 Å². The highest BCUT2D eigenvalue weighted by Crippen LogP contribution is 2.26. The molecule has 36 heavy (non-hydrogen) atoms. The molecule has 0 saturated carbocycles. The summed E-state index contributed by atoms with van der Waals surface area (Å²) in [7, 11) is 0. The maximum absolute atomic E-state index is 13.2. The minimum atomic E-state index is -0.382. The zero-order valence-corrected chi connectivity index (χ0v) is 19.5. The van der Waals surface area contributed by atoms with E-state index in [0.29, 0.717) is 16.9 Å². The molecule has 5 aromatic rings. The van der Waals surface area contributed by atoms with Gasteiger partial charge in [0.15, 0.2) is 0 Å². The monoisotopic (exact) mass is 477 g/mol. The van der Waals surface area contributed by atoms with Crippen molar-refractivity contribution >= 4 is 17.5 Å². The number of hydrogen-bond donors (Lipinski definition) is 2. The summed E-state index contributed by atoms with van der Waals surface area (Å²) in [5, 5.41) is 14.3. The molecule has 9 heteroatoms. The van der Waals surface area contributed by atoms with Crippen LogP contribution in [-0.2, 0) is 4.79 Å². The molecule has 5 rings (SSSR count). The second kappa shape index (κ2) is 10.1. The summed E-state index contributed by atoms with van der Waals surface area (Å²) in [5.41, 5.74) is 5.05. The predicted octanol–water partition coefficient (Wildman–Crippen LogP) is 3.80. The van der Waals surface area contributed by atoms with Crippen LogP contribution in [0.4, 0.5) is 5.69 Å². The molecule has 2 aromatic heterocycles. The lowest BCUT2D eigenvalue weighted by molar-refractivity contribution is -0.115. The molecular formula is C27H23N7O2. The van der Waals surface area contributed by atoms with Gasteiger partial charge in [0.2, 0.25) is 5.91 Å². The van der Waals surface area contributed by atoms with Crippen molar-refractivity contribution in [2.75, 3.05) is 11.9 Å². The molecule has 178 valence electrons. The zero-order valence-electron chi connectivity index (χ0n) is 19.5. The van der Waals surface area contributed by atoms with Crippen molar-refractivity contribution in [3.05, 3.63) is 109 Å². The van der Waals surface area contributed by atoms with Gasteiger partial charge in [-0.25, -0.2) is 14.3 Å². The number of carbonyl (C=O) groups excluding carboxylic acids is 2. The lowest BCUT2D eigenvalue weighted by Crippen LogP contribution is -2.33. The van der Waals surface area contributed by atoms with Gasteiger partial charge in [-0.3, -0.25) is 9.59 Å². The first-order valence-corrected chi connectivity index (χ1v) is 11.3. The highest BCUT2D eigenvalue weighted by molar-refractivity contribution is 6.03. The number of para-hydroxylation sites is 1. The SMILES string of the molecule is Cc1ccccc1-c1nn(-c2ccccc2)cc1C(=O)NCC(=O)Nc1ccc(-n2cncn2)cc1. The molecule has 0 aliphatic heterocycles. The average molecular weight is 478 g/mol. The fourth-order valence-electron chi connectivity index (χ4n) is 3.79. The van der Waals surface area contributed by atoms with Gasteiger partial charge in [0.1, 0.15) is 18.3 Å². The van der Waals surface area contributed by atoms with E-state index in [0.717, 1.165) is 22.5 Å². The maximum Gasteiger partial charge on any atom is 0.255 e. The fraction of sp³-hybridized carbons (Fsp3) is 0.0741. The molecule has 0 aliphatic rings. The van der Waals surface area contributed by atoms with Crippen LogP contribution in [0.15, 0.2) is 97.7 Å². The molecule has 0 unspecified atom stereocenters. The largest absolute Gasteiger partial charge is 0.343 e. The van der Waals surface area contributed by atoms with Gasteiger partial charge in [-0.2, -0.15) is 10.2 Å². The standard InChI is InChI=1S/C27H23N7O2/c1-19-7-5-6-10-23(19)26-24(16-33(32-26)21-8-3-2-4-9-21)27(36)29-15-25(35)31-20-11-13-22(14-12-20)34-18-28-17-30-34/h2-14,16-18H,15H2,1H3,(H,29,36)(H,31,35). The number of hydrogen-bond acceptors (Lipinski definition) is 5. The average Bonchev–Trinajstić information content (AvgIpc) is 3.60. The number of nitrogens with zero attached hydrogens (tertiary/aromatic N) is 5. The second-order valence-electron chi connectivity index (χ2n) is 8.10. The third kappa shape index (κ3) is 4.90. The minimum absolute atomic E-state index is 0.187. The Morgan fingerprint density at radius 3 is 2.31 bits per heavy atom. The van der Waals surface area contributed by atoms with Gasteiger partial charge in [-0.1, -0.05) is 42.5 Å². The third-order valence-corrected chi connectivity index (χ3v) is 5.62. The van der Waals surface area contributed by atoms with E-state index in [4.69, 9.17) is 5.10 Å². The van der Waals surface area contributed by atoms with E-state index in [1.807, 2.05) is 73.7 Å². The number of nitrogens with one attached hydrogen (secondary N) is 2. The van der Waals surface area contributed by atoms with Gasteiger partial charge >= 0.3 is 0 Å². The molecule has 0 bridgehead atoms. The Hall–Kier alpha value is -5.05. The van der Waals surface area contributed by atoms with E-state index >= 15 is 0 Å². The Labute approximate surface area is 207 Å². The van der Waals surface area contributed by atoms with Crippen molar-refractivity contribution in [1.82, 2.24) is 29.9 Å². The molecule has 2 heterocycles. The van der Waals surface area contributed by atoms with E-state index in [1.165, 1.54) is 6.33 Å². The summed E-state index contributed by atoms with van der Waals surface area (Å²) in [4.78, 5) is 29.6. The lowest BCUT2D eigenvalue weighted by atomic mass is 10.0. The zero-order chi connectivity index (χ0) is 24.9. The number of carbonyl (C=O) groups is 2. The molecule has 0 radical (unpaired) electrons. The molecule has 0 saturated heterocycles. The Morgan fingerprint density at radius 2 is 1.58 bits per heavy atom. The molecule has 2 N–H and O–H groups in total. The molecule has 0 fully saturated rings. The van der Waals surface area contributed by atoms with E-state index in [-0.39, 0.29) is 18.4 Å². The summed E-state index contributed by atoms with van der Waals surface area (Å²) in [6.07, 6.45) is 4.73. The van der Waals surface area contributed by atoms with Gasteiger partial charge < -0.3 is 10.6 Å². The van der Waals surface area contributed by atoms with Crippen molar-refractivity contribution < 1.29 is 9.59 Å². The van der Waals surface area contributed by atoms with Crippen molar-refractivity contribution in [3.8, 4) is 22.6 Å². The Balaban J connectivity index is 1.31. The van der Waals surface area contributed by atoms with Gasteiger partial charge in [-0.15, -0.1) is 0 Å². The number of rotatable bonds is 7. The fourth-order valence-corrected chi connectivity index (χ4v) is 3.79. The Morgan fingerprint density at radius 1 is 0.861 bits per heavy atom. The van der Waals surface area contributed by atoms with Crippen LogP contribution in [0.3, 0.4) is 0 Å². The van der Waals surface area contributed by atoms with Crippen LogP contribution in [0.5, 0.6) is 0 Å². The van der Waals surface area contributed by atoms with Crippen LogP contribution in [-0.4, -0.2) is 42.9 Å². The summed E-state index contributed by atoms with van der Waals surface area (Å²) in [5.74, 6) is -0.725. The molecule has 0 atom stereocenters. The van der Waals surface area contributed by atoms with Crippen LogP contribution in [0, 0.1) is 6.92 Å². The predicted molar refractivity (Wildman–Crippen MR) is 136 cm³/mol. The lowest BCUT2D eigenvalue weighted by Gasteiger charge is -2.09. The van der Waals surface area contributed by atoms with Crippen LogP contribution in [0.1, 0.15) is 15.9 Å². The highest BCUT2D eigenvalue weighted by atomic mass is 16.2. The van der Waals surface area contributed by atoms with Crippen LogP contribution in [0.25, 0.3) is 22.6 Å². The smallest absolute Gasteiger partial charge is 0.255 e. The Bertz CT molecular complexity index is 1490. The number of benzene rings is 3. The van der Waals surface area contributed by atoms with E-state index in [1.54, 1.807) is 34.0 Å². The summed E-state index contributed by atoms with van der Waals surface area (Å²) < 4.78 is 3.29. The quantitative estimate of drug-likeness (QED) is 0.371. The maximum atomic E-state index is 13.2. The number of amides is 2. The third-order valence-electron chi connectivity index (χ3n) is 5.62. The van der Waals surface area contributed by atoms with Crippen LogP contribution >= 0.6 is 0 Å². The second-order valence-corrected chi connectivity index (χ2v) is 8.10. The first kappa shape index (κ1) is 22.7.